The summed E-state index contributed by atoms with van der Waals surface area (Å²) in [5.41, 5.74) is 4.94. The second-order valence-corrected chi connectivity index (χ2v) is 8.65. The van der Waals surface area contributed by atoms with Crippen molar-refractivity contribution in [3.63, 3.8) is 0 Å². The maximum Gasteiger partial charge on any atom is 0.144 e. The predicted molar refractivity (Wildman–Crippen MR) is 116 cm³/mol. The fraction of sp³-hybridized carbons (Fsp3) is 0.400. The first-order valence-corrected chi connectivity index (χ1v) is 9.99. The Kier molecular flexibility index (Phi) is 4.57. The summed E-state index contributed by atoms with van der Waals surface area (Å²) in [4.78, 5) is 5.19. The van der Waals surface area contributed by atoms with Gasteiger partial charge in [0.1, 0.15) is 17.2 Å². The molecule has 2 aliphatic carbocycles. The molecule has 0 spiro atoms. The molecule has 3 heteroatoms. The lowest BCUT2D eigenvalue weighted by Crippen LogP contribution is -2.32. The Hall–Kier alpha value is -2.55. The molecular weight excluding hydrogens is 346 g/mol. The molecule has 28 heavy (non-hydrogen) atoms. The van der Waals surface area contributed by atoms with Crippen molar-refractivity contribution in [1.82, 2.24) is 0 Å². The molecule has 2 saturated carbocycles. The van der Waals surface area contributed by atoms with E-state index in [0.717, 1.165) is 17.2 Å². The number of ether oxygens (including phenoxy) is 2. The van der Waals surface area contributed by atoms with Gasteiger partial charge in [0.25, 0.3) is 0 Å². The SMILES string of the molecule is COc1ccc(/C=C2/C(=Nc3ccccc3OC)[C@@]3(C)CC[C@@H]2C3(C)C)cc1. The van der Waals surface area contributed by atoms with Crippen molar-refractivity contribution < 1.29 is 9.47 Å². The molecule has 0 aromatic heterocycles. The molecule has 3 nitrogen and oxygen atoms in total. The van der Waals surface area contributed by atoms with Crippen LogP contribution in [0.5, 0.6) is 11.5 Å². The van der Waals surface area contributed by atoms with Gasteiger partial charge in [0.05, 0.1) is 19.9 Å². The maximum absolute atomic E-state index is 5.56. The van der Waals surface area contributed by atoms with Crippen LogP contribution in [0.1, 0.15) is 39.2 Å². The van der Waals surface area contributed by atoms with E-state index in [1.807, 2.05) is 36.4 Å². The van der Waals surface area contributed by atoms with E-state index >= 15 is 0 Å². The summed E-state index contributed by atoms with van der Waals surface area (Å²) < 4.78 is 10.9. The summed E-state index contributed by atoms with van der Waals surface area (Å²) in [6, 6.07) is 16.3. The van der Waals surface area contributed by atoms with E-state index in [-0.39, 0.29) is 10.8 Å². The van der Waals surface area contributed by atoms with Crippen LogP contribution in [0.25, 0.3) is 6.08 Å². The van der Waals surface area contributed by atoms with Crippen molar-refractivity contribution in [1.29, 1.82) is 0 Å². The molecule has 2 aromatic carbocycles. The highest BCUT2D eigenvalue weighted by atomic mass is 16.5. The topological polar surface area (TPSA) is 30.8 Å². The number of hydrogen-bond donors (Lipinski definition) is 0. The Labute approximate surface area is 168 Å². The van der Waals surface area contributed by atoms with Gasteiger partial charge in [0.15, 0.2) is 0 Å². The molecule has 0 N–H and O–H groups in total. The number of fused-ring (bicyclic) bond motifs is 2. The van der Waals surface area contributed by atoms with Crippen LogP contribution in [-0.2, 0) is 0 Å². The van der Waals surface area contributed by atoms with Gasteiger partial charge in [-0.3, -0.25) is 0 Å². The van der Waals surface area contributed by atoms with Crippen molar-refractivity contribution in [2.75, 3.05) is 14.2 Å². The lowest BCUT2D eigenvalue weighted by atomic mass is 9.70. The van der Waals surface area contributed by atoms with Gasteiger partial charge in [-0.1, -0.05) is 45.0 Å². The van der Waals surface area contributed by atoms with Gasteiger partial charge in [0.2, 0.25) is 0 Å². The number of aliphatic imine (C=N–C) groups is 1. The highest BCUT2D eigenvalue weighted by Crippen LogP contribution is 2.66. The Morgan fingerprint density at radius 1 is 0.964 bits per heavy atom. The van der Waals surface area contributed by atoms with E-state index < -0.39 is 0 Å². The second kappa shape index (κ2) is 6.80. The minimum absolute atomic E-state index is 0.0663. The van der Waals surface area contributed by atoms with Crippen molar-refractivity contribution >= 4 is 17.5 Å². The van der Waals surface area contributed by atoms with Crippen molar-refractivity contribution in [2.45, 2.75) is 33.6 Å². The number of benzene rings is 2. The Balaban J connectivity index is 1.85. The molecule has 0 heterocycles. The third kappa shape index (κ3) is 2.76. The molecular formula is C25H29NO2. The third-order valence-corrected chi connectivity index (χ3v) is 7.15. The zero-order chi connectivity index (χ0) is 19.9. The Morgan fingerprint density at radius 2 is 1.68 bits per heavy atom. The molecule has 0 amide bonds. The molecule has 2 aromatic rings. The van der Waals surface area contributed by atoms with E-state index in [1.54, 1.807) is 14.2 Å². The zero-order valence-electron chi connectivity index (χ0n) is 17.5. The van der Waals surface area contributed by atoms with Gasteiger partial charge >= 0.3 is 0 Å². The van der Waals surface area contributed by atoms with E-state index in [0.29, 0.717) is 5.92 Å². The van der Waals surface area contributed by atoms with Gasteiger partial charge in [0, 0.05) is 5.41 Å². The summed E-state index contributed by atoms with van der Waals surface area (Å²) >= 11 is 0. The second-order valence-electron chi connectivity index (χ2n) is 8.65. The van der Waals surface area contributed by atoms with Crippen LogP contribution >= 0.6 is 0 Å². The average molecular weight is 376 g/mol. The lowest BCUT2D eigenvalue weighted by molar-refractivity contribution is 0.203. The van der Waals surface area contributed by atoms with Crippen LogP contribution in [0, 0.1) is 16.7 Å². The smallest absolute Gasteiger partial charge is 0.144 e. The largest absolute Gasteiger partial charge is 0.497 e. The first-order valence-electron chi connectivity index (χ1n) is 9.99. The Bertz CT molecular complexity index is 939. The summed E-state index contributed by atoms with van der Waals surface area (Å²) in [5, 5.41) is 0. The first-order chi connectivity index (χ1) is 13.4. The molecule has 4 rings (SSSR count). The Morgan fingerprint density at radius 3 is 2.36 bits per heavy atom. The van der Waals surface area contributed by atoms with Crippen LogP contribution < -0.4 is 9.47 Å². The van der Waals surface area contributed by atoms with Gasteiger partial charge < -0.3 is 9.47 Å². The minimum Gasteiger partial charge on any atom is -0.497 e. The molecule has 2 atom stereocenters. The average Bonchev–Trinajstić information content (AvgIpc) is 3.02. The quantitative estimate of drug-likeness (QED) is 0.626. The fourth-order valence-electron chi connectivity index (χ4n) is 5.03. The van der Waals surface area contributed by atoms with Gasteiger partial charge in [-0.05, 0) is 65.7 Å². The van der Waals surface area contributed by atoms with Crippen molar-refractivity contribution in [3.8, 4) is 11.5 Å². The number of allylic oxidation sites excluding steroid dienone is 1. The molecule has 146 valence electrons. The van der Waals surface area contributed by atoms with Crippen LogP contribution in [0.2, 0.25) is 0 Å². The lowest BCUT2D eigenvalue weighted by Gasteiger charge is -2.34. The summed E-state index contributed by atoms with van der Waals surface area (Å²) in [6.45, 7) is 7.19. The molecule has 2 aliphatic rings. The highest BCUT2D eigenvalue weighted by Gasteiger charge is 2.62. The van der Waals surface area contributed by atoms with Crippen molar-refractivity contribution in [2.24, 2.45) is 21.7 Å². The highest BCUT2D eigenvalue weighted by molar-refractivity contribution is 6.12. The predicted octanol–water partition coefficient (Wildman–Crippen LogP) is 6.32. The molecule has 0 radical (unpaired) electrons. The summed E-state index contributed by atoms with van der Waals surface area (Å²) in [7, 11) is 3.41. The normalized spacial score (nSPS) is 28.1. The summed E-state index contributed by atoms with van der Waals surface area (Å²) in [6.07, 6.45) is 4.72. The number of nitrogens with zero attached hydrogens (tertiary/aromatic N) is 1. The molecule has 2 bridgehead atoms. The monoisotopic (exact) mass is 375 g/mol. The van der Waals surface area contributed by atoms with Gasteiger partial charge in [-0.25, -0.2) is 4.99 Å². The van der Waals surface area contributed by atoms with E-state index in [1.165, 1.54) is 29.7 Å². The molecule has 2 fully saturated rings. The fourth-order valence-corrected chi connectivity index (χ4v) is 5.03. The minimum atomic E-state index is 0.0663. The van der Waals surface area contributed by atoms with Gasteiger partial charge in [-0.2, -0.15) is 0 Å². The van der Waals surface area contributed by atoms with E-state index in [4.69, 9.17) is 14.5 Å². The van der Waals surface area contributed by atoms with Crippen LogP contribution in [-0.4, -0.2) is 19.9 Å². The van der Waals surface area contributed by atoms with Crippen molar-refractivity contribution in [3.05, 3.63) is 59.7 Å². The molecule has 0 saturated heterocycles. The number of hydrogen-bond acceptors (Lipinski definition) is 3. The molecule has 0 aliphatic heterocycles. The number of rotatable bonds is 4. The number of para-hydroxylation sites is 2. The standard InChI is InChI=1S/C25H29NO2/c1-24(2)20-14-15-25(24,3)23(26-21-8-6-7-9-22(21)28-5)19(20)16-17-10-12-18(27-4)13-11-17/h6-13,16,20H,14-15H2,1-5H3/b19-16+,26-23?/t20-,25+/m0/s1. The maximum atomic E-state index is 5.56. The molecule has 0 unspecified atom stereocenters. The number of methoxy groups -OCH3 is 2. The summed E-state index contributed by atoms with van der Waals surface area (Å²) in [5.74, 6) is 2.22. The van der Waals surface area contributed by atoms with Crippen LogP contribution in [0.4, 0.5) is 5.69 Å². The van der Waals surface area contributed by atoms with Gasteiger partial charge in [-0.15, -0.1) is 0 Å². The van der Waals surface area contributed by atoms with Crippen LogP contribution in [0.15, 0.2) is 59.1 Å². The van der Waals surface area contributed by atoms with E-state index in [2.05, 4.69) is 39.0 Å². The van der Waals surface area contributed by atoms with E-state index in [9.17, 15) is 0 Å². The zero-order valence-corrected chi connectivity index (χ0v) is 17.5. The van der Waals surface area contributed by atoms with Crippen LogP contribution in [0.3, 0.4) is 0 Å². The first kappa shape index (κ1) is 18.8. The third-order valence-electron chi connectivity index (χ3n) is 7.15.